The number of hydrogen-bond donors (Lipinski definition) is 2. The van der Waals surface area contributed by atoms with E-state index in [1.165, 1.54) is 5.56 Å². The van der Waals surface area contributed by atoms with E-state index in [2.05, 4.69) is 43.3 Å². The summed E-state index contributed by atoms with van der Waals surface area (Å²) < 4.78 is 1.09. The number of benzene rings is 1. The number of halogens is 1. The molecule has 0 bridgehead atoms. The first kappa shape index (κ1) is 11.0. The van der Waals surface area contributed by atoms with E-state index in [1.807, 2.05) is 18.3 Å². The van der Waals surface area contributed by atoms with Gasteiger partial charge in [0.25, 0.3) is 0 Å². The van der Waals surface area contributed by atoms with Crippen molar-refractivity contribution in [3.63, 3.8) is 0 Å². The van der Waals surface area contributed by atoms with E-state index < -0.39 is 0 Å². The van der Waals surface area contributed by atoms with Gasteiger partial charge in [0.2, 0.25) is 0 Å². The topological polar surface area (TPSA) is 40.7 Å². The van der Waals surface area contributed by atoms with Crippen LogP contribution in [-0.2, 0) is 6.42 Å². The molecule has 0 spiro atoms. The number of H-pyrrole nitrogens is 1. The number of nitrogens with one attached hydrogen (secondary N) is 2. The summed E-state index contributed by atoms with van der Waals surface area (Å²) in [6, 6.07) is 8.26. The monoisotopic (exact) mass is 291 g/mol. The summed E-state index contributed by atoms with van der Waals surface area (Å²) >= 11 is 3.48. The van der Waals surface area contributed by atoms with Crippen LogP contribution in [-0.4, -0.2) is 23.1 Å². The molecule has 2 aromatic rings. The second-order valence-corrected chi connectivity index (χ2v) is 5.40. The molecule has 1 aliphatic rings. The van der Waals surface area contributed by atoms with Gasteiger partial charge in [0.15, 0.2) is 0 Å². The molecule has 1 aromatic heterocycles. The summed E-state index contributed by atoms with van der Waals surface area (Å²) in [5, 5.41) is 3.28. The molecule has 1 aromatic carbocycles. The fourth-order valence-electron chi connectivity index (χ4n) is 2.04. The predicted molar refractivity (Wildman–Crippen MR) is 71.8 cm³/mol. The van der Waals surface area contributed by atoms with Crippen molar-refractivity contribution in [1.82, 2.24) is 15.3 Å². The third kappa shape index (κ3) is 2.42. The molecule has 4 heteroatoms. The van der Waals surface area contributed by atoms with E-state index in [0.29, 0.717) is 0 Å². The molecular formula is C13H14BrN3. The van der Waals surface area contributed by atoms with Crippen LogP contribution in [0.25, 0.3) is 11.3 Å². The van der Waals surface area contributed by atoms with Crippen LogP contribution >= 0.6 is 15.9 Å². The molecule has 0 amide bonds. The Morgan fingerprint density at radius 3 is 2.94 bits per heavy atom. The molecule has 2 N–H and O–H groups in total. The highest BCUT2D eigenvalue weighted by atomic mass is 79.9. The normalized spacial score (nSPS) is 15.8. The molecular weight excluding hydrogens is 278 g/mol. The second kappa shape index (κ2) is 4.63. The molecule has 1 fully saturated rings. The molecule has 0 unspecified atom stereocenters. The number of aromatic nitrogens is 2. The van der Waals surface area contributed by atoms with Gasteiger partial charge in [-0.15, -0.1) is 0 Å². The zero-order chi connectivity index (χ0) is 11.7. The van der Waals surface area contributed by atoms with E-state index in [-0.39, 0.29) is 0 Å². The average Bonchev–Trinajstić information content (AvgIpc) is 2.72. The summed E-state index contributed by atoms with van der Waals surface area (Å²) in [5.74, 6) is 1.84. The van der Waals surface area contributed by atoms with Crippen LogP contribution in [0.4, 0.5) is 0 Å². The first-order chi connectivity index (χ1) is 8.31. The molecule has 3 rings (SSSR count). The molecule has 3 nitrogen and oxygen atoms in total. The van der Waals surface area contributed by atoms with Crippen molar-refractivity contribution in [2.75, 3.05) is 13.1 Å². The van der Waals surface area contributed by atoms with Crippen LogP contribution < -0.4 is 5.32 Å². The first-order valence-electron chi connectivity index (χ1n) is 5.82. The lowest BCUT2D eigenvalue weighted by Crippen LogP contribution is -2.43. The van der Waals surface area contributed by atoms with Gasteiger partial charge < -0.3 is 10.3 Å². The van der Waals surface area contributed by atoms with E-state index >= 15 is 0 Å². The zero-order valence-corrected chi connectivity index (χ0v) is 11.0. The molecule has 0 aliphatic carbocycles. The SMILES string of the molecule is Brc1cccc(-c2cnc(CC3CNC3)[nH]2)c1. The van der Waals surface area contributed by atoms with Crippen molar-refractivity contribution in [3.8, 4) is 11.3 Å². The van der Waals surface area contributed by atoms with Crippen molar-refractivity contribution in [1.29, 1.82) is 0 Å². The van der Waals surface area contributed by atoms with Crippen molar-refractivity contribution >= 4 is 15.9 Å². The summed E-state index contributed by atoms with van der Waals surface area (Å²) in [4.78, 5) is 7.84. The molecule has 0 radical (unpaired) electrons. The fourth-order valence-corrected chi connectivity index (χ4v) is 2.43. The Balaban J connectivity index is 1.79. The summed E-state index contributed by atoms with van der Waals surface area (Å²) in [6.45, 7) is 2.24. The van der Waals surface area contributed by atoms with Crippen molar-refractivity contribution in [2.24, 2.45) is 5.92 Å². The average molecular weight is 292 g/mol. The Morgan fingerprint density at radius 1 is 1.35 bits per heavy atom. The number of imidazole rings is 1. The molecule has 17 heavy (non-hydrogen) atoms. The molecule has 88 valence electrons. The van der Waals surface area contributed by atoms with Crippen LogP contribution in [0.5, 0.6) is 0 Å². The molecule has 2 heterocycles. The highest BCUT2D eigenvalue weighted by molar-refractivity contribution is 9.10. The van der Waals surface area contributed by atoms with Crippen LogP contribution in [0.1, 0.15) is 5.82 Å². The van der Waals surface area contributed by atoms with Gasteiger partial charge >= 0.3 is 0 Å². The summed E-state index contributed by atoms with van der Waals surface area (Å²) in [6.07, 6.45) is 2.96. The van der Waals surface area contributed by atoms with Crippen LogP contribution in [0.2, 0.25) is 0 Å². The van der Waals surface area contributed by atoms with Gasteiger partial charge in [-0.25, -0.2) is 4.98 Å². The van der Waals surface area contributed by atoms with Crippen molar-refractivity contribution < 1.29 is 0 Å². The number of nitrogens with zero attached hydrogens (tertiary/aromatic N) is 1. The third-order valence-electron chi connectivity index (χ3n) is 3.11. The van der Waals surface area contributed by atoms with Crippen molar-refractivity contribution in [3.05, 3.63) is 40.8 Å². The van der Waals surface area contributed by atoms with E-state index in [0.717, 1.165) is 41.4 Å². The van der Waals surface area contributed by atoms with Gasteiger partial charge in [-0.2, -0.15) is 0 Å². The van der Waals surface area contributed by atoms with Crippen molar-refractivity contribution in [2.45, 2.75) is 6.42 Å². The molecule has 1 saturated heterocycles. The quantitative estimate of drug-likeness (QED) is 0.913. The van der Waals surface area contributed by atoms with Crippen LogP contribution in [0.3, 0.4) is 0 Å². The van der Waals surface area contributed by atoms with Gasteiger partial charge in [-0.1, -0.05) is 28.1 Å². The minimum absolute atomic E-state index is 0.747. The molecule has 0 saturated carbocycles. The first-order valence-corrected chi connectivity index (χ1v) is 6.61. The largest absolute Gasteiger partial charge is 0.342 e. The number of hydrogen-bond acceptors (Lipinski definition) is 2. The van der Waals surface area contributed by atoms with E-state index in [9.17, 15) is 0 Å². The highest BCUT2D eigenvalue weighted by Crippen LogP contribution is 2.22. The van der Waals surface area contributed by atoms with Gasteiger partial charge in [0.05, 0.1) is 11.9 Å². The Bertz CT molecular complexity index is 517. The van der Waals surface area contributed by atoms with Gasteiger partial charge in [-0.05, 0) is 31.1 Å². The lowest BCUT2D eigenvalue weighted by Gasteiger charge is -2.25. The lowest BCUT2D eigenvalue weighted by atomic mass is 9.99. The highest BCUT2D eigenvalue weighted by Gasteiger charge is 2.18. The molecule has 0 atom stereocenters. The van der Waals surface area contributed by atoms with E-state index in [1.54, 1.807) is 0 Å². The maximum absolute atomic E-state index is 4.45. The predicted octanol–water partition coefficient (Wildman–Crippen LogP) is 2.60. The Morgan fingerprint density at radius 2 is 2.24 bits per heavy atom. The Hall–Kier alpha value is -1.13. The van der Waals surface area contributed by atoms with Gasteiger partial charge in [0.1, 0.15) is 5.82 Å². The lowest BCUT2D eigenvalue weighted by molar-refractivity contribution is 0.342. The maximum atomic E-state index is 4.45. The zero-order valence-electron chi connectivity index (χ0n) is 9.41. The van der Waals surface area contributed by atoms with Crippen LogP contribution in [0, 0.1) is 5.92 Å². The second-order valence-electron chi connectivity index (χ2n) is 4.48. The smallest absolute Gasteiger partial charge is 0.106 e. The maximum Gasteiger partial charge on any atom is 0.106 e. The fraction of sp³-hybridized carbons (Fsp3) is 0.308. The minimum atomic E-state index is 0.747. The van der Waals surface area contributed by atoms with Gasteiger partial charge in [-0.3, -0.25) is 0 Å². The minimum Gasteiger partial charge on any atom is -0.342 e. The Labute approximate surface area is 109 Å². The van der Waals surface area contributed by atoms with E-state index in [4.69, 9.17) is 0 Å². The Kier molecular flexibility index (Phi) is 2.99. The summed E-state index contributed by atoms with van der Waals surface area (Å²) in [5.41, 5.74) is 2.26. The third-order valence-corrected chi connectivity index (χ3v) is 3.61. The van der Waals surface area contributed by atoms with Crippen LogP contribution in [0.15, 0.2) is 34.9 Å². The van der Waals surface area contributed by atoms with Gasteiger partial charge in [0, 0.05) is 16.5 Å². The molecule has 1 aliphatic heterocycles. The summed E-state index contributed by atoms with van der Waals surface area (Å²) in [7, 11) is 0. The number of rotatable bonds is 3. The standard InChI is InChI=1S/C13H14BrN3/c14-11-3-1-2-10(5-11)12-8-16-13(17-12)4-9-6-15-7-9/h1-3,5,8-9,15H,4,6-7H2,(H,16,17). The number of aromatic amines is 1.